The number of rotatable bonds is 5. The number of aromatic nitrogens is 3. The van der Waals surface area contributed by atoms with Crippen LogP contribution in [0.2, 0.25) is 5.02 Å². The van der Waals surface area contributed by atoms with Gasteiger partial charge < -0.3 is 10.6 Å². The van der Waals surface area contributed by atoms with Crippen molar-refractivity contribution in [2.45, 2.75) is 26.1 Å². The van der Waals surface area contributed by atoms with Gasteiger partial charge in [0.15, 0.2) is 0 Å². The molecule has 0 aliphatic rings. The zero-order valence-corrected chi connectivity index (χ0v) is 17.8. The molecule has 7 nitrogen and oxygen atoms in total. The van der Waals surface area contributed by atoms with E-state index in [1.165, 1.54) is 17.5 Å². The fourth-order valence-corrected chi connectivity index (χ4v) is 4.07. The Morgan fingerprint density at radius 2 is 1.90 bits per heavy atom. The molecule has 0 saturated carbocycles. The minimum Gasteiger partial charge on any atom is -0.342 e. The van der Waals surface area contributed by atoms with Gasteiger partial charge in [-0.1, -0.05) is 11.6 Å². The Morgan fingerprint density at radius 3 is 2.53 bits per heavy atom. The van der Waals surface area contributed by atoms with E-state index in [9.17, 15) is 22.8 Å². The summed E-state index contributed by atoms with van der Waals surface area (Å²) in [7, 11) is 0. The lowest BCUT2D eigenvalue weighted by molar-refractivity contribution is -0.137. The average molecular weight is 476 g/mol. The van der Waals surface area contributed by atoms with Crippen LogP contribution in [0.15, 0.2) is 24.0 Å². The molecule has 3 rings (SSSR count). The van der Waals surface area contributed by atoms with Gasteiger partial charge >= 0.3 is 6.18 Å². The molecule has 0 bridgehead atoms. The molecule has 0 saturated heterocycles. The minimum atomic E-state index is -4.68. The molecule has 1 atom stereocenters. The number of alkyl halides is 3. The van der Waals surface area contributed by atoms with Crippen molar-refractivity contribution in [1.82, 2.24) is 20.3 Å². The zero-order valence-electron chi connectivity index (χ0n) is 15.4. The third kappa shape index (κ3) is 4.94. The first kappa shape index (κ1) is 22.1. The fraction of sp³-hybridized carbons (Fsp3) is 0.235. The van der Waals surface area contributed by atoms with Crippen LogP contribution in [0.3, 0.4) is 0 Å². The van der Waals surface area contributed by atoms with Crippen molar-refractivity contribution in [2.24, 2.45) is 0 Å². The second kappa shape index (κ2) is 8.66. The van der Waals surface area contributed by atoms with Gasteiger partial charge in [0.2, 0.25) is 0 Å². The number of halogens is 4. The molecule has 3 aromatic rings. The molecule has 13 heteroatoms. The lowest BCUT2D eigenvalue weighted by Crippen LogP contribution is -2.26. The van der Waals surface area contributed by atoms with Crippen LogP contribution in [0, 0.1) is 6.92 Å². The summed E-state index contributed by atoms with van der Waals surface area (Å²) < 4.78 is 38.8. The second-order valence-corrected chi connectivity index (χ2v) is 8.35. The number of nitrogens with one attached hydrogen (secondary N) is 2. The van der Waals surface area contributed by atoms with E-state index in [4.69, 9.17) is 11.6 Å². The van der Waals surface area contributed by atoms with Gasteiger partial charge in [-0.15, -0.1) is 22.7 Å². The predicted molar refractivity (Wildman–Crippen MR) is 107 cm³/mol. The van der Waals surface area contributed by atoms with Gasteiger partial charge in [0.25, 0.3) is 11.8 Å². The molecule has 2 N–H and O–H groups in total. The Hall–Kier alpha value is -2.57. The summed E-state index contributed by atoms with van der Waals surface area (Å²) in [6, 6.07) is 0.165. The number of amides is 2. The van der Waals surface area contributed by atoms with Crippen molar-refractivity contribution in [3.63, 3.8) is 0 Å². The smallest absolute Gasteiger partial charge is 0.342 e. The van der Waals surface area contributed by atoms with Crippen molar-refractivity contribution in [3.8, 4) is 0 Å². The van der Waals surface area contributed by atoms with E-state index in [1.807, 2.05) is 0 Å². The topological polar surface area (TPSA) is 96.9 Å². The van der Waals surface area contributed by atoms with Gasteiger partial charge in [-0.3, -0.25) is 9.59 Å². The first-order chi connectivity index (χ1) is 14.1. The number of carbonyl (C=O) groups excluding carboxylic acids is 2. The Labute approximate surface area is 181 Å². The van der Waals surface area contributed by atoms with Crippen LogP contribution >= 0.6 is 34.3 Å². The van der Waals surface area contributed by atoms with Crippen LogP contribution in [-0.4, -0.2) is 26.8 Å². The van der Waals surface area contributed by atoms with Gasteiger partial charge in [0.05, 0.1) is 34.0 Å². The van der Waals surface area contributed by atoms with Crippen molar-refractivity contribution in [2.75, 3.05) is 5.32 Å². The summed E-state index contributed by atoms with van der Waals surface area (Å²) in [4.78, 5) is 37.1. The van der Waals surface area contributed by atoms with Crippen molar-refractivity contribution in [3.05, 3.63) is 55.0 Å². The molecule has 2 amide bonds. The van der Waals surface area contributed by atoms with Crippen LogP contribution in [-0.2, 0) is 6.18 Å². The quantitative estimate of drug-likeness (QED) is 0.556. The summed E-state index contributed by atoms with van der Waals surface area (Å²) in [5.74, 6) is -1.29. The molecule has 0 aliphatic carbocycles. The van der Waals surface area contributed by atoms with Gasteiger partial charge in [-0.25, -0.2) is 15.0 Å². The van der Waals surface area contributed by atoms with Gasteiger partial charge in [0.1, 0.15) is 20.6 Å². The van der Waals surface area contributed by atoms with Gasteiger partial charge in [-0.05, 0) is 19.9 Å². The molecule has 0 radical (unpaired) electrons. The number of aryl methyl sites for hydroxylation is 1. The molecule has 158 valence electrons. The van der Waals surface area contributed by atoms with E-state index in [0.717, 1.165) is 17.5 Å². The highest BCUT2D eigenvalue weighted by Gasteiger charge is 2.34. The highest BCUT2D eigenvalue weighted by Crippen LogP contribution is 2.35. The highest BCUT2D eigenvalue weighted by atomic mass is 35.5. The summed E-state index contributed by atoms with van der Waals surface area (Å²) in [6.07, 6.45) is -2.59. The Bertz CT molecular complexity index is 1100. The van der Waals surface area contributed by atoms with Crippen molar-refractivity contribution >= 4 is 51.9 Å². The normalized spacial score (nSPS) is 12.5. The molecular weight excluding hydrogens is 463 g/mol. The van der Waals surface area contributed by atoms with Crippen molar-refractivity contribution < 1.29 is 22.8 Å². The third-order valence-electron chi connectivity index (χ3n) is 3.82. The van der Waals surface area contributed by atoms with E-state index in [0.29, 0.717) is 21.6 Å². The number of pyridine rings is 1. The van der Waals surface area contributed by atoms with Crippen LogP contribution in [0.5, 0.6) is 0 Å². The van der Waals surface area contributed by atoms with E-state index in [-0.39, 0.29) is 16.6 Å². The van der Waals surface area contributed by atoms with E-state index in [2.05, 4.69) is 25.6 Å². The summed E-state index contributed by atoms with van der Waals surface area (Å²) in [5.41, 5.74) is 1.07. The molecule has 0 aliphatic heterocycles. The average Bonchev–Trinajstić information content (AvgIpc) is 3.31. The molecule has 0 fully saturated rings. The number of hydrogen-bond donors (Lipinski definition) is 2. The highest BCUT2D eigenvalue weighted by molar-refractivity contribution is 7.14. The van der Waals surface area contributed by atoms with Gasteiger partial charge in [-0.2, -0.15) is 13.2 Å². The largest absolute Gasteiger partial charge is 0.418 e. The van der Waals surface area contributed by atoms with E-state index < -0.39 is 28.7 Å². The number of anilines is 1. The standard InChI is InChI=1S/C17H13ClF3N5O2S2/c1-7-13(29-6-24-7)15(28)25-8(2)16-23-5-11(30-16)14(27)26-12-3-9(17(19,20)21)10(18)4-22-12/h3-6,8H,1-2H3,(H,25,28)(H,22,26,27)/t8-/m1/s1. The lowest BCUT2D eigenvalue weighted by Gasteiger charge is -2.11. The minimum absolute atomic E-state index is 0.144. The maximum atomic E-state index is 12.9. The number of nitrogens with zero attached hydrogens (tertiary/aromatic N) is 3. The summed E-state index contributed by atoms with van der Waals surface area (Å²) in [6.45, 7) is 3.42. The number of thiazole rings is 2. The molecule has 3 heterocycles. The molecule has 3 aromatic heterocycles. The molecule has 0 aromatic carbocycles. The first-order valence-corrected chi connectivity index (χ1v) is 10.3. The maximum absolute atomic E-state index is 12.9. The number of carbonyl (C=O) groups is 2. The van der Waals surface area contributed by atoms with Crippen LogP contribution in [0.1, 0.15) is 48.6 Å². The fourth-order valence-electron chi connectivity index (χ4n) is 2.34. The van der Waals surface area contributed by atoms with Crippen LogP contribution in [0.25, 0.3) is 0 Å². The predicted octanol–water partition coefficient (Wildman–Crippen LogP) is 4.72. The Morgan fingerprint density at radius 1 is 1.17 bits per heavy atom. The summed E-state index contributed by atoms with van der Waals surface area (Å²) in [5, 5.41) is 4.94. The van der Waals surface area contributed by atoms with E-state index >= 15 is 0 Å². The molecule has 0 unspecified atom stereocenters. The SMILES string of the molecule is Cc1ncsc1C(=O)N[C@H](C)c1ncc(C(=O)Nc2cc(C(F)(F)F)c(Cl)cn2)s1. The molecule has 30 heavy (non-hydrogen) atoms. The third-order valence-corrected chi connectivity index (χ3v) is 6.23. The second-order valence-electron chi connectivity index (χ2n) is 6.03. The van der Waals surface area contributed by atoms with Crippen LogP contribution < -0.4 is 10.6 Å². The maximum Gasteiger partial charge on any atom is 0.418 e. The number of hydrogen-bond acceptors (Lipinski definition) is 7. The lowest BCUT2D eigenvalue weighted by atomic mass is 10.2. The van der Waals surface area contributed by atoms with Crippen LogP contribution in [0.4, 0.5) is 19.0 Å². The van der Waals surface area contributed by atoms with Gasteiger partial charge in [0, 0.05) is 6.20 Å². The molecule has 0 spiro atoms. The molecular formula is C17H13ClF3N5O2S2. The summed E-state index contributed by atoms with van der Waals surface area (Å²) >= 11 is 7.73. The first-order valence-electron chi connectivity index (χ1n) is 8.27. The van der Waals surface area contributed by atoms with E-state index in [1.54, 1.807) is 19.4 Å². The van der Waals surface area contributed by atoms with Crippen molar-refractivity contribution in [1.29, 1.82) is 0 Å². The Balaban J connectivity index is 1.69. The Kier molecular flexibility index (Phi) is 6.38. The zero-order chi connectivity index (χ0) is 22.1. The monoisotopic (exact) mass is 475 g/mol.